The van der Waals surface area contributed by atoms with Gasteiger partial charge in [-0.05, 0) is 25.5 Å². The highest BCUT2D eigenvalue weighted by Crippen LogP contribution is 2.30. The fourth-order valence-electron chi connectivity index (χ4n) is 2.53. The lowest BCUT2D eigenvalue weighted by Gasteiger charge is -2.09. The van der Waals surface area contributed by atoms with Gasteiger partial charge in [0.1, 0.15) is 11.4 Å². The van der Waals surface area contributed by atoms with Gasteiger partial charge in [0.25, 0.3) is 0 Å². The Morgan fingerprint density at radius 1 is 1.00 bits per heavy atom. The highest BCUT2D eigenvalue weighted by atomic mass is 16.5. The van der Waals surface area contributed by atoms with Crippen molar-refractivity contribution in [2.75, 3.05) is 5.32 Å². The number of anilines is 1. The summed E-state index contributed by atoms with van der Waals surface area (Å²) in [5.74, 6) is 1.07. The molecule has 4 aromatic heterocycles. The largest absolute Gasteiger partial charge is 0.356 e. The van der Waals surface area contributed by atoms with Crippen LogP contribution in [0.2, 0.25) is 0 Å². The normalized spacial score (nSPS) is 10.7. The number of nitrogens with zero attached hydrogens (tertiary/aromatic N) is 6. The Morgan fingerprint density at radius 2 is 1.93 bits per heavy atom. The maximum atomic E-state index is 5.40. The average molecular weight is 359 g/mol. The Balaban J connectivity index is 1.70. The quantitative estimate of drug-likeness (QED) is 0.579. The summed E-state index contributed by atoms with van der Waals surface area (Å²) in [6, 6.07) is 5.71. The average Bonchev–Trinajstić information content (AvgIpc) is 3.14. The van der Waals surface area contributed by atoms with E-state index in [0.29, 0.717) is 35.2 Å². The zero-order chi connectivity index (χ0) is 18.6. The van der Waals surface area contributed by atoms with Gasteiger partial charge < -0.3 is 9.84 Å². The van der Waals surface area contributed by atoms with E-state index < -0.39 is 0 Å². The van der Waals surface area contributed by atoms with Gasteiger partial charge in [-0.1, -0.05) is 11.2 Å². The number of pyridine rings is 1. The van der Waals surface area contributed by atoms with Crippen LogP contribution in [0.15, 0.2) is 53.7 Å². The van der Waals surface area contributed by atoms with Crippen molar-refractivity contribution >= 4 is 5.95 Å². The summed E-state index contributed by atoms with van der Waals surface area (Å²) in [4.78, 5) is 21.9. The number of aromatic nitrogens is 6. The van der Waals surface area contributed by atoms with Crippen LogP contribution in [0.3, 0.4) is 0 Å². The van der Waals surface area contributed by atoms with E-state index in [-0.39, 0.29) is 0 Å². The van der Waals surface area contributed by atoms with E-state index in [2.05, 4.69) is 35.4 Å². The summed E-state index contributed by atoms with van der Waals surface area (Å²) >= 11 is 0. The van der Waals surface area contributed by atoms with Crippen molar-refractivity contribution < 1.29 is 4.52 Å². The summed E-state index contributed by atoms with van der Waals surface area (Å²) in [5, 5.41) is 7.16. The topological polar surface area (TPSA) is 103 Å². The van der Waals surface area contributed by atoms with Crippen molar-refractivity contribution in [1.29, 1.82) is 0 Å². The van der Waals surface area contributed by atoms with E-state index in [0.717, 1.165) is 17.0 Å². The maximum Gasteiger partial charge on any atom is 0.223 e. The lowest BCUT2D eigenvalue weighted by Crippen LogP contribution is -2.05. The molecule has 134 valence electrons. The van der Waals surface area contributed by atoms with Crippen LogP contribution in [-0.2, 0) is 6.54 Å². The Hall–Kier alpha value is -3.68. The second-order valence-corrected chi connectivity index (χ2v) is 6.05. The third-order valence-corrected chi connectivity index (χ3v) is 3.88. The standard InChI is InChI=1S/C19H17N7O/c1-12-6-17(27-26-12)15-10-24-19(23-9-14-4-3-5-20-8-14)25-18(15)16-11-21-13(2)7-22-16/h3-8,10-11H,9H2,1-2H3,(H,23,24,25). The number of aryl methyl sites for hydroxylation is 2. The molecule has 0 fully saturated rings. The molecule has 0 atom stereocenters. The van der Waals surface area contributed by atoms with Gasteiger partial charge >= 0.3 is 0 Å². The smallest absolute Gasteiger partial charge is 0.223 e. The number of nitrogens with one attached hydrogen (secondary N) is 1. The summed E-state index contributed by atoms with van der Waals surface area (Å²) in [6.45, 7) is 4.31. The van der Waals surface area contributed by atoms with Gasteiger partial charge in [0, 0.05) is 37.4 Å². The van der Waals surface area contributed by atoms with E-state index in [4.69, 9.17) is 4.52 Å². The monoisotopic (exact) mass is 359 g/mol. The molecular formula is C19H17N7O. The zero-order valence-electron chi connectivity index (χ0n) is 14.9. The summed E-state index contributed by atoms with van der Waals surface area (Å²) in [5.41, 5.74) is 4.62. The first-order valence-electron chi connectivity index (χ1n) is 8.41. The van der Waals surface area contributed by atoms with Crippen molar-refractivity contribution in [2.45, 2.75) is 20.4 Å². The van der Waals surface area contributed by atoms with Crippen LogP contribution < -0.4 is 5.32 Å². The van der Waals surface area contributed by atoms with E-state index in [1.165, 1.54) is 0 Å². The molecule has 0 radical (unpaired) electrons. The third kappa shape index (κ3) is 3.79. The molecule has 4 rings (SSSR count). The minimum atomic E-state index is 0.483. The maximum absolute atomic E-state index is 5.40. The van der Waals surface area contributed by atoms with Crippen molar-refractivity contribution in [3.63, 3.8) is 0 Å². The van der Waals surface area contributed by atoms with Crippen LogP contribution in [0.1, 0.15) is 17.0 Å². The molecule has 0 bridgehead atoms. The molecule has 0 saturated carbocycles. The lowest BCUT2D eigenvalue weighted by atomic mass is 10.1. The summed E-state index contributed by atoms with van der Waals surface area (Å²) in [7, 11) is 0. The first kappa shape index (κ1) is 16.8. The second kappa shape index (κ2) is 7.28. The van der Waals surface area contributed by atoms with Crippen molar-refractivity contribution in [3.8, 4) is 22.7 Å². The van der Waals surface area contributed by atoms with E-state index in [1.54, 1.807) is 31.0 Å². The highest BCUT2D eigenvalue weighted by molar-refractivity contribution is 5.76. The third-order valence-electron chi connectivity index (χ3n) is 3.88. The van der Waals surface area contributed by atoms with E-state index >= 15 is 0 Å². The Kier molecular flexibility index (Phi) is 4.52. The van der Waals surface area contributed by atoms with Crippen molar-refractivity contribution in [2.24, 2.45) is 0 Å². The first-order valence-corrected chi connectivity index (χ1v) is 8.41. The molecular weight excluding hydrogens is 342 g/mol. The van der Waals surface area contributed by atoms with E-state index in [1.807, 2.05) is 32.0 Å². The molecule has 0 aromatic carbocycles. The SMILES string of the molecule is Cc1cnc(-c2nc(NCc3cccnc3)ncc2-c2cc(C)no2)cn1. The van der Waals surface area contributed by atoms with Gasteiger partial charge in [0.05, 0.1) is 23.1 Å². The van der Waals surface area contributed by atoms with Gasteiger partial charge in [-0.3, -0.25) is 15.0 Å². The van der Waals surface area contributed by atoms with Crippen molar-refractivity contribution in [3.05, 3.63) is 66.1 Å². The number of hydrogen-bond acceptors (Lipinski definition) is 8. The molecule has 4 aromatic rings. The van der Waals surface area contributed by atoms with Crippen LogP contribution in [0.5, 0.6) is 0 Å². The fourth-order valence-corrected chi connectivity index (χ4v) is 2.53. The minimum Gasteiger partial charge on any atom is -0.356 e. The molecule has 1 N–H and O–H groups in total. The van der Waals surface area contributed by atoms with Crippen molar-refractivity contribution in [1.82, 2.24) is 30.1 Å². The molecule has 0 aliphatic rings. The van der Waals surface area contributed by atoms with E-state index in [9.17, 15) is 0 Å². The molecule has 8 nitrogen and oxygen atoms in total. The Labute approximate surface area is 155 Å². The molecule has 0 saturated heterocycles. The van der Waals surface area contributed by atoms with Gasteiger partial charge in [0.15, 0.2) is 5.76 Å². The highest BCUT2D eigenvalue weighted by Gasteiger charge is 2.16. The first-order chi connectivity index (χ1) is 13.2. The fraction of sp³-hybridized carbons (Fsp3) is 0.158. The molecule has 0 spiro atoms. The summed E-state index contributed by atoms with van der Waals surface area (Å²) < 4.78 is 5.40. The second-order valence-electron chi connectivity index (χ2n) is 6.05. The molecule has 0 aliphatic carbocycles. The lowest BCUT2D eigenvalue weighted by molar-refractivity contribution is 0.427. The molecule has 27 heavy (non-hydrogen) atoms. The van der Waals surface area contributed by atoms with Gasteiger partial charge in [-0.15, -0.1) is 0 Å². The van der Waals surface area contributed by atoms with Gasteiger partial charge in [-0.2, -0.15) is 0 Å². The predicted molar refractivity (Wildman–Crippen MR) is 99.6 cm³/mol. The minimum absolute atomic E-state index is 0.483. The Morgan fingerprint density at radius 3 is 2.63 bits per heavy atom. The van der Waals surface area contributed by atoms with Crippen LogP contribution in [0.25, 0.3) is 22.7 Å². The van der Waals surface area contributed by atoms with Crippen LogP contribution in [-0.4, -0.2) is 30.1 Å². The molecule has 0 amide bonds. The number of rotatable bonds is 5. The summed E-state index contributed by atoms with van der Waals surface area (Å²) in [6.07, 6.45) is 8.63. The molecule has 0 aliphatic heterocycles. The van der Waals surface area contributed by atoms with Crippen LogP contribution in [0.4, 0.5) is 5.95 Å². The predicted octanol–water partition coefficient (Wildman–Crippen LogP) is 3.21. The van der Waals surface area contributed by atoms with Gasteiger partial charge in [0.2, 0.25) is 5.95 Å². The van der Waals surface area contributed by atoms with Crippen LogP contribution in [0, 0.1) is 13.8 Å². The van der Waals surface area contributed by atoms with Crippen LogP contribution >= 0.6 is 0 Å². The number of hydrogen-bond donors (Lipinski definition) is 1. The molecule has 8 heteroatoms. The zero-order valence-corrected chi connectivity index (χ0v) is 14.9. The Bertz CT molecular complexity index is 1050. The molecule has 0 unspecified atom stereocenters. The van der Waals surface area contributed by atoms with Gasteiger partial charge in [-0.25, -0.2) is 9.97 Å². The molecule has 4 heterocycles.